The summed E-state index contributed by atoms with van der Waals surface area (Å²) in [5.74, 6) is -3.63. The molecule has 0 amide bonds. The van der Waals surface area contributed by atoms with Crippen LogP contribution in [0.25, 0.3) is 0 Å². The van der Waals surface area contributed by atoms with Gasteiger partial charge in [-0.05, 0) is 6.92 Å². The minimum Gasteiger partial charge on any atom is -0.480 e. The fourth-order valence-corrected chi connectivity index (χ4v) is 1.73. The monoisotopic (exact) mass is 235 g/mol. The highest BCUT2D eigenvalue weighted by Gasteiger charge is 2.36. The van der Waals surface area contributed by atoms with Gasteiger partial charge in [0, 0.05) is 0 Å². The Labute approximate surface area is 78.0 Å². The summed E-state index contributed by atoms with van der Waals surface area (Å²) in [4.78, 5) is 10.1. The van der Waals surface area contributed by atoms with Crippen LogP contribution < -0.4 is 4.72 Å². The number of aliphatic carboxylic acids is 1. The van der Waals surface area contributed by atoms with E-state index in [4.69, 9.17) is 5.11 Å². The van der Waals surface area contributed by atoms with Gasteiger partial charge in [-0.25, -0.2) is 13.1 Å². The van der Waals surface area contributed by atoms with E-state index >= 15 is 0 Å². The lowest BCUT2D eigenvalue weighted by molar-refractivity contribution is -0.138. The lowest BCUT2D eigenvalue weighted by atomic mass is 10.4. The van der Waals surface area contributed by atoms with Crippen LogP contribution in [0.1, 0.15) is 6.92 Å². The molecule has 0 saturated heterocycles. The molecule has 0 bridgehead atoms. The van der Waals surface area contributed by atoms with Gasteiger partial charge in [0.1, 0.15) is 6.04 Å². The molecule has 0 heterocycles. The van der Waals surface area contributed by atoms with E-state index in [0.29, 0.717) is 0 Å². The zero-order chi connectivity index (χ0) is 11.6. The number of hydrogen-bond donors (Lipinski definition) is 2. The van der Waals surface area contributed by atoms with Crippen molar-refractivity contribution >= 4 is 16.0 Å². The number of nitrogens with one attached hydrogen (secondary N) is 1. The second-order valence-corrected chi connectivity index (χ2v) is 4.31. The Bertz CT molecular complexity index is 309. The molecule has 1 unspecified atom stereocenters. The van der Waals surface area contributed by atoms with E-state index in [1.165, 1.54) is 4.72 Å². The Balaban J connectivity index is 4.45. The second-order valence-electron chi connectivity index (χ2n) is 2.55. The van der Waals surface area contributed by atoms with Gasteiger partial charge in [-0.2, -0.15) is 13.2 Å². The Morgan fingerprint density at radius 3 is 2.21 bits per heavy atom. The van der Waals surface area contributed by atoms with Gasteiger partial charge in [0.05, 0.1) is 0 Å². The number of carboxylic acids is 1. The highest BCUT2D eigenvalue weighted by molar-refractivity contribution is 7.89. The highest BCUT2D eigenvalue weighted by atomic mass is 32.2. The van der Waals surface area contributed by atoms with E-state index in [1.54, 1.807) is 0 Å². The van der Waals surface area contributed by atoms with E-state index in [2.05, 4.69) is 0 Å². The van der Waals surface area contributed by atoms with Gasteiger partial charge in [0.15, 0.2) is 5.75 Å². The van der Waals surface area contributed by atoms with Crippen molar-refractivity contribution in [1.82, 2.24) is 4.72 Å². The molecule has 0 radical (unpaired) electrons. The molecule has 0 aromatic rings. The first-order valence-corrected chi connectivity index (χ1v) is 4.98. The summed E-state index contributed by atoms with van der Waals surface area (Å²) in [6.07, 6.45) is -4.88. The molecule has 0 saturated carbocycles. The number of carboxylic acid groups (broad SMARTS) is 1. The van der Waals surface area contributed by atoms with Gasteiger partial charge in [0.25, 0.3) is 0 Å². The van der Waals surface area contributed by atoms with Crippen LogP contribution in [-0.2, 0) is 14.8 Å². The molecule has 0 rings (SSSR count). The number of carbonyl (C=O) groups is 1. The van der Waals surface area contributed by atoms with Crippen LogP contribution in [0.5, 0.6) is 0 Å². The van der Waals surface area contributed by atoms with E-state index < -0.39 is 34.0 Å². The molecule has 0 aliphatic heterocycles. The molecule has 0 aromatic carbocycles. The Morgan fingerprint density at radius 1 is 1.50 bits per heavy atom. The molecular weight excluding hydrogens is 227 g/mol. The maximum Gasteiger partial charge on any atom is 0.404 e. The van der Waals surface area contributed by atoms with Crippen molar-refractivity contribution in [2.24, 2.45) is 0 Å². The summed E-state index contributed by atoms with van der Waals surface area (Å²) in [6.45, 7) is 0.927. The standard InChI is InChI=1S/C5H8F3NO4S/c1-3(4(10)11)9-14(12,13)2-5(6,7)8/h3,9H,2H2,1H3,(H,10,11). The molecule has 0 spiro atoms. The summed E-state index contributed by atoms with van der Waals surface area (Å²) in [6, 6.07) is -1.58. The van der Waals surface area contributed by atoms with Crippen molar-refractivity contribution in [3.8, 4) is 0 Å². The Kier molecular flexibility index (Phi) is 3.89. The average molecular weight is 235 g/mol. The molecule has 84 valence electrons. The fourth-order valence-electron chi connectivity index (χ4n) is 0.577. The summed E-state index contributed by atoms with van der Waals surface area (Å²) in [7, 11) is -4.64. The Hall–Kier alpha value is -0.830. The molecule has 0 aliphatic carbocycles. The summed E-state index contributed by atoms with van der Waals surface area (Å²) in [5, 5.41) is 8.24. The van der Waals surface area contributed by atoms with Crippen molar-refractivity contribution in [2.75, 3.05) is 5.75 Å². The molecule has 0 aromatic heterocycles. The lowest BCUT2D eigenvalue weighted by Crippen LogP contribution is -2.42. The van der Waals surface area contributed by atoms with Crippen LogP contribution in [0, 0.1) is 0 Å². The van der Waals surface area contributed by atoms with E-state index in [0.717, 1.165) is 6.92 Å². The van der Waals surface area contributed by atoms with Gasteiger partial charge in [0.2, 0.25) is 10.0 Å². The van der Waals surface area contributed by atoms with Crippen LogP contribution in [-0.4, -0.2) is 37.5 Å². The molecular formula is C5H8F3NO4S. The molecule has 0 fully saturated rings. The molecule has 9 heteroatoms. The van der Waals surface area contributed by atoms with Gasteiger partial charge in [-0.3, -0.25) is 4.79 Å². The summed E-state index contributed by atoms with van der Waals surface area (Å²) >= 11 is 0. The van der Waals surface area contributed by atoms with Crippen LogP contribution >= 0.6 is 0 Å². The summed E-state index contributed by atoms with van der Waals surface area (Å²) in [5.41, 5.74) is 0. The first-order chi connectivity index (χ1) is 6.03. The third-order valence-corrected chi connectivity index (χ3v) is 2.50. The minimum atomic E-state index is -4.88. The quantitative estimate of drug-likeness (QED) is 0.715. The number of sulfonamides is 1. The van der Waals surface area contributed by atoms with Gasteiger partial charge in [-0.15, -0.1) is 0 Å². The van der Waals surface area contributed by atoms with Crippen LogP contribution in [0.4, 0.5) is 13.2 Å². The van der Waals surface area contributed by atoms with Gasteiger partial charge >= 0.3 is 12.1 Å². The minimum absolute atomic E-state index is 0.927. The fraction of sp³-hybridized carbons (Fsp3) is 0.800. The van der Waals surface area contributed by atoms with Crippen LogP contribution in [0.3, 0.4) is 0 Å². The van der Waals surface area contributed by atoms with E-state index in [1.807, 2.05) is 0 Å². The van der Waals surface area contributed by atoms with Crippen molar-refractivity contribution < 1.29 is 31.5 Å². The average Bonchev–Trinajstić information content (AvgIpc) is 1.78. The van der Waals surface area contributed by atoms with Crippen molar-refractivity contribution in [3.63, 3.8) is 0 Å². The lowest BCUT2D eigenvalue weighted by Gasteiger charge is -2.11. The maximum atomic E-state index is 11.6. The molecule has 14 heavy (non-hydrogen) atoms. The molecule has 5 nitrogen and oxygen atoms in total. The SMILES string of the molecule is CC(NS(=O)(=O)CC(F)(F)F)C(=O)O. The Morgan fingerprint density at radius 2 is 1.93 bits per heavy atom. The highest BCUT2D eigenvalue weighted by Crippen LogP contribution is 2.16. The predicted octanol–water partition coefficient (Wildman–Crippen LogP) is -0.0588. The first-order valence-electron chi connectivity index (χ1n) is 3.33. The van der Waals surface area contributed by atoms with E-state index in [-0.39, 0.29) is 0 Å². The molecule has 1 atom stereocenters. The topological polar surface area (TPSA) is 83.5 Å². The van der Waals surface area contributed by atoms with Crippen molar-refractivity contribution in [3.05, 3.63) is 0 Å². The smallest absolute Gasteiger partial charge is 0.404 e. The van der Waals surface area contributed by atoms with Crippen LogP contribution in [0.15, 0.2) is 0 Å². The zero-order valence-corrected chi connectivity index (χ0v) is 7.82. The third kappa shape index (κ3) is 5.75. The third-order valence-electron chi connectivity index (χ3n) is 1.08. The molecule has 2 N–H and O–H groups in total. The number of halogens is 3. The molecule has 0 aliphatic rings. The second kappa shape index (κ2) is 4.13. The number of hydrogen-bond acceptors (Lipinski definition) is 3. The first kappa shape index (κ1) is 13.2. The van der Waals surface area contributed by atoms with E-state index in [9.17, 15) is 26.4 Å². The maximum absolute atomic E-state index is 11.6. The van der Waals surface area contributed by atoms with Crippen LogP contribution in [0.2, 0.25) is 0 Å². The predicted molar refractivity (Wildman–Crippen MR) is 40.1 cm³/mol. The van der Waals surface area contributed by atoms with Gasteiger partial charge < -0.3 is 5.11 Å². The van der Waals surface area contributed by atoms with Crippen molar-refractivity contribution in [2.45, 2.75) is 19.1 Å². The summed E-state index contributed by atoms with van der Waals surface area (Å²) < 4.78 is 57.6. The normalized spacial score (nSPS) is 15.1. The number of alkyl halides is 3. The van der Waals surface area contributed by atoms with Crippen molar-refractivity contribution in [1.29, 1.82) is 0 Å². The largest absolute Gasteiger partial charge is 0.480 e. The van der Waals surface area contributed by atoms with Gasteiger partial charge in [-0.1, -0.05) is 0 Å². The number of rotatable bonds is 4. The zero-order valence-electron chi connectivity index (χ0n) is 7.00.